The first-order valence-electron chi connectivity index (χ1n) is 7.90. The highest BCUT2D eigenvalue weighted by Crippen LogP contribution is 2.30. The van der Waals surface area contributed by atoms with E-state index in [0.29, 0.717) is 5.39 Å². The molecule has 1 heterocycles. The highest BCUT2D eigenvalue weighted by atomic mass is 32.2. The summed E-state index contributed by atoms with van der Waals surface area (Å²) in [6, 6.07) is 21.6. The molecule has 0 spiro atoms. The van der Waals surface area contributed by atoms with E-state index in [1.807, 2.05) is 42.5 Å². The van der Waals surface area contributed by atoms with Crippen LogP contribution in [0.15, 0.2) is 90.0 Å². The minimum atomic E-state index is -4.13. The van der Waals surface area contributed by atoms with Crippen LogP contribution in [-0.4, -0.2) is 13.0 Å². The van der Waals surface area contributed by atoms with Crippen LogP contribution in [0.5, 0.6) is 5.75 Å². The molecule has 4 nitrogen and oxygen atoms in total. The molecule has 130 valence electrons. The molecule has 0 aliphatic rings. The van der Waals surface area contributed by atoms with Gasteiger partial charge in [-0.3, -0.25) is 0 Å². The van der Waals surface area contributed by atoms with Gasteiger partial charge in [-0.25, -0.2) is 4.39 Å². The summed E-state index contributed by atoms with van der Waals surface area (Å²) in [6.45, 7) is 0. The fourth-order valence-electron chi connectivity index (χ4n) is 2.84. The maximum absolute atomic E-state index is 13.3. The molecule has 0 amide bonds. The number of hydrogen-bond donors (Lipinski definition) is 0. The lowest BCUT2D eigenvalue weighted by molar-refractivity contribution is 0.484. The monoisotopic (exact) mass is 367 g/mol. The van der Waals surface area contributed by atoms with Crippen LogP contribution >= 0.6 is 0 Å². The number of para-hydroxylation sites is 2. The summed E-state index contributed by atoms with van der Waals surface area (Å²) >= 11 is 0. The molecule has 0 N–H and O–H groups in total. The molecule has 0 aliphatic heterocycles. The van der Waals surface area contributed by atoms with Crippen LogP contribution < -0.4 is 4.18 Å². The van der Waals surface area contributed by atoms with Crippen LogP contribution in [0.4, 0.5) is 4.39 Å². The van der Waals surface area contributed by atoms with Gasteiger partial charge in [0, 0.05) is 23.3 Å². The molecule has 0 saturated carbocycles. The van der Waals surface area contributed by atoms with Gasteiger partial charge < -0.3 is 8.75 Å². The second kappa shape index (κ2) is 6.31. The number of nitrogens with zero attached hydrogens (tertiary/aromatic N) is 1. The van der Waals surface area contributed by atoms with Crippen LogP contribution in [0, 0.1) is 5.82 Å². The van der Waals surface area contributed by atoms with Crippen molar-refractivity contribution in [1.29, 1.82) is 0 Å². The van der Waals surface area contributed by atoms with Gasteiger partial charge in [-0.2, -0.15) is 8.42 Å². The Morgan fingerprint density at radius 2 is 1.58 bits per heavy atom. The highest BCUT2D eigenvalue weighted by molar-refractivity contribution is 7.87. The van der Waals surface area contributed by atoms with E-state index in [4.69, 9.17) is 4.18 Å². The summed E-state index contributed by atoms with van der Waals surface area (Å²) in [6.07, 6.45) is 1.52. The van der Waals surface area contributed by atoms with Gasteiger partial charge in [0.15, 0.2) is 0 Å². The Bertz CT molecular complexity index is 1180. The number of hydrogen-bond acceptors (Lipinski definition) is 3. The number of aromatic nitrogens is 1. The molecule has 4 aromatic rings. The molecule has 0 saturated heterocycles. The van der Waals surface area contributed by atoms with Crippen molar-refractivity contribution in [1.82, 2.24) is 4.57 Å². The molecular formula is C20H14FNO3S. The molecule has 0 radical (unpaired) electrons. The van der Waals surface area contributed by atoms with Crippen molar-refractivity contribution in [3.05, 3.63) is 90.9 Å². The Kier molecular flexibility index (Phi) is 3.97. The van der Waals surface area contributed by atoms with E-state index in [1.54, 1.807) is 16.7 Å². The van der Waals surface area contributed by atoms with E-state index in [2.05, 4.69) is 0 Å². The second-order valence-corrected chi connectivity index (χ2v) is 7.23. The third-order valence-corrected chi connectivity index (χ3v) is 5.26. The normalized spacial score (nSPS) is 11.6. The molecule has 0 atom stereocenters. The van der Waals surface area contributed by atoms with Gasteiger partial charge in [0.05, 0.1) is 5.52 Å². The number of fused-ring (bicyclic) bond motifs is 1. The third-order valence-electron chi connectivity index (χ3n) is 3.98. The van der Waals surface area contributed by atoms with Crippen molar-refractivity contribution in [3.63, 3.8) is 0 Å². The SMILES string of the molecule is O=S(=O)(Oc1cccc(F)c1)c1cn(-c2ccccc2)c2ccccc12. The third kappa shape index (κ3) is 2.95. The zero-order valence-corrected chi connectivity index (χ0v) is 14.4. The van der Waals surface area contributed by atoms with Crippen LogP contribution in [-0.2, 0) is 10.1 Å². The molecule has 26 heavy (non-hydrogen) atoms. The van der Waals surface area contributed by atoms with E-state index in [0.717, 1.165) is 17.3 Å². The van der Waals surface area contributed by atoms with Crippen LogP contribution in [0.1, 0.15) is 0 Å². The van der Waals surface area contributed by atoms with E-state index in [-0.39, 0.29) is 10.6 Å². The van der Waals surface area contributed by atoms with Crippen LogP contribution in [0.2, 0.25) is 0 Å². The van der Waals surface area contributed by atoms with Crippen molar-refractivity contribution in [2.24, 2.45) is 0 Å². The summed E-state index contributed by atoms with van der Waals surface area (Å²) < 4.78 is 45.9. The van der Waals surface area contributed by atoms with Crippen molar-refractivity contribution in [3.8, 4) is 11.4 Å². The van der Waals surface area contributed by atoms with E-state index >= 15 is 0 Å². The summed E-state index contributed by atoms with van der Waals surface area (Å²) in [5.74, 6) is -0.633. The standard InChI is InChI=1S/C20H14FNO3S/c21-15-7-6-10-17(13-15)25-26(23,24)20-14-22(16-8-2-1-3-9-16)19-12-5-4-11-18(19)20/h1-14H. The summed E-state index contributed by atoms with van der Waals surface area (Å²) in [5, 5.41) is 0.535. The molecule has 0 unspecified atom stereocenters. The average Bonchev–Trinajstić information content (AvgIpc) is 3.03. The largest absolute Gasteiger partial charge is 0.379 e. The lowest BCUT2D eigenvalue weighted by atomic mass is 10.2. The highest BCUT2D eigenvalue weighted by Gasteiger charge is 2.23. The molecule has 0 fully saturated rings. The zero-order valence-electron chi connectivity index (χ0n) is 13.5. The Morgan fingerprint density at radius 3 is 2.35 bits per heavy atom. The van der Waals surface area contributed by atoms with Crippen LogP contribution in [0.3, 0.4) is 0 Å². The quantitative estimate of drug-likeness (QED) is 0.498. The maximum Gasteiger partial charge on any atom is 0.341 e. The Hall–Kier alpha value is -3.12. The molecule has 4 rings (SSSR count). The van der Waals surface area contributed by atoms with Gasteiger partial charge in [0.1, 0.15) is 16.5 Å². The van der Waals surface area contributed by atoms with Gasteiger partial charge >= 0.3 is 10.1 Å². The average molecular weight is 367 g/mol. The topological polar surface area (TPSA) is 48.3 Å². The van der Waals surface area contributed by atoms with Gasteiger partial charge in [-0.1, -0.05) is 42.5 Å². The molecule has 0 aliphatic carbocycles. The number of rotatable bonds is 4. The van der Waals surface area contributed by atoms with Gasteiger partial charge in [0.2, 0.25) is 0 Å². The first-order chi connectivity index (χ1) is 12.5. The second-order valence-electron chi connectivity index (χ2n) is 5.71. The Morgan fingerprint density at radius 1 is 0.846 bits per heavy atom. The maximum atomic E-state index is 13.3. The minimum absolute atomic E-state index is 0.0289. The number of benzene rings is 3. The molecule has 1 aromatic heterocycles. The smallest absolute Gasteiger partial charge is 0.341 e. The fraction of sp³-hybridized carbons (Fsp3) is 0. The summed E-state index contributed by atoms with van der Waals surface area (Å²) in [7, 11) is -4.13. The lowest BCUT2D eigenvalue weighted by Crippen LogP contribution is -2.09. The molecular weight excluding hydrogens is 353 g/mol. The molecule has 3 aromatic carbocycles. The van der Waals surface area contributed by atoms with Gasteiger partial charge in [0.25, 0.3) is 0 Å². The summed E-state index contributed by atoms with van der Waals surface area (Å²) in [4.78, 5) is 0.0289. The van der Waals surface area contributed by atoms with E-state index < -0.39 is 15.9 Å². The van der Waals surface area contributed by atoms with E-state index in [1.165, 1.54) is 24.4 Å². The zero-order chi connectivity index (χ0) is 18.1. The van der Waals surface area contributed by atoms with Crippen LogP contribution in [0.25, 0.3) is 16.6 Å². The first kappa shape index (κ1) is 16.4. The lowest BCUT2D eigenvalue weighted by Gasteiger charge is -2.06. The number of halogens is 1. The predicted molar refractivity (Wildman–Crippen MR) is 97.5 cm³/mol. The van der Waals surface area contributed by atoms with Crippen molar-refractivity contribution in [2.75, 3.05) is 0 Å². The molecule has 0 bridgehead atoms. The Labute approximate surface area is 150 Å². The van der Waals surface area contributed by atoms with Crippen molar-refractivity contribution in [2.45, 2.75) is 4.90 Å². The summed E-state index contributed by atoms with van der Waals surface area (Å²) in [5.41, 5.74) is 1.57. The minimum Gasteiger partial charge on any atom is -0.379 e. The predicted octanol–water partition coefficient (Wildman–Crippen LogP) is 4.54. The van der Waals surface area contributed by atoms with Gasteiger partial charge in [-0.15, -0.1) is 0 Å². The Balaban J connectivity index is 1.86. The van der Waals surface area contributed by atoms with Gasteiger partial charge in [-0.05, 0) is 30.3 Å². The first-order valence-corrected chi connectivity index (χ1v) is 9.31. The van der Waals surface area contributed by atoms with E-state index in [9.17, 15) is 12.8 Å². The van der Waals surface area contributed by atoms with Crippen molar-refractivity contribution < 1.29 is 17.0 Å². The molecule has 6 heteroatoms. The fourth-order valence-corrected chi connectivity index (χ4v) is 3.96. The van der Waals surface area contributed by atoms with Crippen molar-refractivity contribution >= 4 is 21.0 Å².